The van der Waals surface area contributed by atoms with Crippen LogP contribution in [-0.4, -0.2) is 22.6 Å². The van der Waals surface area contributed by atoms with E-state index in [1.165, 1.54) is 6.92 Å². The third-order valence-electron chi connectivity index (χ3n) is 2.71. The highest BCUT2D eigenvalue weighted by Crippen LogP contribution is 2.15. The number of carbonyl (C=O) groups excluding carboxylic acids is 1. The van der Waals surface area contributed by atoms with Gasteiger partial charge in [-0.1, -0.05) is 24.9 Å². The van der Waals surface area contributed by atoms with Crippen molar-refractivity contribution >= 4 is 29.3 Å². The molecule has 1 unspecified atom stereocenters. The summed E-state index contributed by atoms with van der Waals surface area (Å²) in [4.78, 5) is 23.0. The monoisotopic (exact) mass is 284 g/mol. The van der Waals surface area contributed by atoms with Crippen LogP contribution < -0.4 is 10.6 Å². The van der Waals surface area contributed by atoms with E-state index in [1.807, 2.05) is 6.92 Å². The van der Waals surface area contributed by atoms with Crippen molar-refractivity contribution in [1.29, 1.82) is 0 Å². The Morgan fingerprint density at radius 1 is 1.32 bits per heavy atom. The van der Waals surface area contributed by atoms with Gasteiger partial charge in [-0.2, -0.15) is 0 Å². The number of hydrogen-bond donors (Lipinski definition) is 3. The number of carboxylic acid groups (broad SMARTS) is 1. The van der Waals surface area contributed by atoms with Gasteiger partial charge in [0.15, 0.2) is 0 Å². The van der Waals surface area contributed by atoms with E-state index in [-0.39, 0.29) is 0 Å². The lowest BCUT2D eigenvalue weighted by Gasteiger charge is -2.25. The molecule has 0 spiro atoms. The van der Waals surface area contributed by atoms with Crippen molar-refractivity contribution in [2.45, 2.75) is 32.2 Å². The van der Waals surface area contributed by atoms with Crippen LogP contribution in [0, 0.1) is 0 Å². The summed E-state index contributed by atoms with van der Waals surface area (Å²) in [7, 11) is 0. The van der Waals surface area contributed by atoms with Gasteiger partial charge in [-0.05, 0) is 37.6 Å². The summed E-state index contributed by atoms with van der Waals surface area (Å²) in [5.41, 5.74) is -0.725. The Morgan fingerprint density at radius 3 is 2.37 bits per heavy atom. The first-order chi connectivity index (χ1) is 8.87. The number of carboxylic acids is 1. The minimum Gasteiger partial charge on any atom is -0.480 e. The van der Waals surface area contributed by atoms with Crippen molar-refractivity contribution < 1.29 is 14.7 Å². The molecule has 2 amide bonds. The first kappa shape index (κ1) is 15.3. The fourth-order valence-electron chi connectivity index (χ4n) is 1.67. The zero-order chi connectivity index (χ0) is 14.5. The summed E-state index contributed by atoms with van der Waals surface area (Å²) in [5.74, 6) is -1.05. The molecule has 0 aliphatic carbocycles. The summed E-state index contributed by atoms with van der Waals surface area (Å²) >= 11 is 5.73. The number of carbonyl (C=O) groups is 2. The Kier molecular flexibility index (Phi) is 5.18. The largest absolute Gasteiger partial charge is 0.480 e. The van der Waals surface area contributed by atoms with Crippen LogP contribution in [0.4, 0.5) is 10.5 Å². The molecule has 104 valence electrons. The van der Waals surface area contributed by atoms with Gasteiger partial charge in [0.1, 0.15) is 5.54 Å². The van der Waals surface area contributed by atoms with Crippen LogP contribution in [0.1, 0.15) is 26.7 Å². The Balaban J connectivity index is 2.68. The molecule has 0 heterocycles. The molecule has 1 aromatic rings. The molecular weight excluding hydrogens is 268 g/mol. The van der Waals surface area contributed by atoms with E-state index in [1.54, 1.807) is 24.3 Å². The number of rotatable bonds is 5. The highest BCUT2D eigenvalue weighted by atomic mass is 35.5. The van der Waals surface area contributed by atoms with Crippen LogP contribution in [0.3, 0.4) is 0 Å². The second-order valence-electron chi connectivity index (χ2n) is 4.47. The number of aliphatic carboxylic acids is 1. The fourth-order valence-corrected chi connectivity index (χ4v) is 1.80. The Bertz CT molecular complexity index is 461. The van der Waals surface area contributed by atoms with E-state index in [0.717, 1.165) is 0 Å². The van der Waals surface area contributed by atoms with Crippen molar-refractivity contribution in [3.05, 3.63) is 29.3 Å². The molecule has 19 heavy (non-hydrogen) atoms. The fraction of sp³-hybridized carbons (Fsp3) is 0.385. The molecule has 0 fully saturated rings. The Morgan fingerprint density at radius 2 is 1.89 bits per heavy atom. The zero-order valence-electron chi connectivity index (χ0n) is 10.9. The molecule has 1 aromatic carbocycles. The number of anilines is 1. The van der Waals surface area contributed by atoms with Gasteiger partial charge < -0.3 is 15.7 Å². The number of benzene rings is 1. The average molecular weight is 285 g/mol. The summed E-state index contributed by atoms with van der Waals surface area (Å²) in [6.45, 7) is 3.35. The predicted molar refractivity (Wildman–Crippen MR) is 74.6 cm³/mol. The maximum absolute atomic E-state index is 11.8. The molecule has 0 aromatic heterocycles. The van der Waals surface area contributed by atoms with Crippen molar-refractivity contribution in [3.63, 3.8) is 0 Å². The second kappa shape index (κ2) is 6.43. The van der Waals surface area contributed by atoms with Gasteiger partial charge >= 0.3 is 12.0 Å². The lowest BCUT2D eigenvalue weighted by atomic mass is 9.97. The second-order valence-corrected chi connectivity index (χ2v) is 4.91. The maximum atomic E-state index is 11.8. The van der Waals surface area contributed by atoms with Crippen molar-refractivity contribution in [3.8, 4) is 0 Å². The van der Waals surface area contributed by atoms with Gasteiger partial charge in [0.25, 0.3) is 0 Å². The van der Waals surface area contributed by atoms with Gasteiger partial charge in [-0.15, -0.1) is 0 Å². The summed E-state index contributed by atoms with van der Waals surface area (Å²) in [6.07, 6.45) is 1.01. The van der Waals surface area contributed by atoms with E-state index < -0.39 is 17.5 Å². The lowest BCUT2D eigenvalue weighted by Crippen LogP contribution is -2.53. The van der Waals surface area contributed by atoms with Gasteiger partial charge in [-0.3, -0.25) is 0 Å². The number of amides is 2. The van der Waals surface area contributed by atoms with E-state index in [2.05, 4.69) is 10.6 Å². The minimum atomic E-state index is -1.27. The maximum Gasteiger partial charge on any atom is 0.329 e. The first-order valence-corrected chi connectivity index (χ1v) is 6.33. The van der Waals surface area contributed by atoms with Gasteiger partial charge in [0.05, 0.1) is 0 Å². The highest BCUT2D eigenvalue weighted by molar-refractivity contribution is 6.30. The van der Waals surface area contributed by atoms with Crippen molar-refractivity contribution in [2.24, 2.45) is 0 Å². The molecule has 0 saturated heterocycles. The van der Waals surface area contributed by atoms with E-state index in [0.29, 0.717) is 23.6 Å². The first-order valence-electron chi connectivity index (χ1n) is 5.95. The van der Waals surface area contributed by atoms with Crippen LogP contribution in [0.25, 0.3) is 0 Å². The van der Waals surface area contributed by atoms with Crippen molar-refractivity contribution in [2.75, 3.05) is 5.32 Å². The smallest absolute Gasteiger partial charge is 0.329 e. The molecule has 0 bridgehead atoms. The topological polar surface area (TPSA) is 78.4 Å². The quantitative estimate of drug-likeness (QED) is 0.777. The van der Waals surface area contributed by atoms with Crippen LogP contribution in [0.15, 0.2) is 24.3 Å². The third-order valence-corrected chi connectivity index (χ3v) is 2.97. The Labute approximate surface area is 117 Å². The highest BCUT2D eigenvalue weighted by Gasteiger charge is 2.33. The third kappa shape index (κ3) is 4.44. The van der Waals surface area contributed by atoms with Crippen LogP contribution >= 0.6 is 11.6 Å². The van der Waals surface area contributed by atoms with E-state index in [4.69, 9.17) is 16.7 Å². The van der Waals surface area contributed by atoms with Crippen LogP contribution in [0.5, 0.6) is 0 Å². The molecule has 0 aliphatic rings. The van der Waals surface area contributed by atoms with Crippen molar-refractivity contribution in [1.82, 2.24) is 5.32 Å². The molecule has 1 atom stereocenters. The summed E-state index contributed by atoms with van der Waals surface area (Å²) < 4.78 is 0. The number of nitrogens with one attached hydrogen (secondary N) is 2. The number of hydrogen-bond acceptors (Lipinski definition) is 2. The lowest BCUT2D eigenvalue weighted by molar-refractivity contribution is -0.143. The van der Waals surface area contributed by atoms with Crippen LogP contribution in [0.2, 0.25) is 5.02 Å². The van der Waals surface area contributed by atoms with Crippen LogP contribution in [-0.2, 0) is 4.79 Å². The molecule has 3 N–H and O–H groups in total. The van der Waals surface area contributed by atoms with E-state index >= 15 is 0 Å². The normalized spacial score (nSPS) is 13.4. The van der Waals surface area contributed by atoms with E-state index in [9.17, 15) is 9.59 Å². The molecule has 5 nitrogen and oxygen atoms in total. The summed E-state index contributed by atoms with van der Waals surface area (Å²) in [6, 6.07) is 6.00. The minimum absolute atomic E-state index is 0.358. The SMILES string of the molecule is CCCC(C)(NC(=O)Nc1ccc(Cl)cc1)C(=O)O. The molecule has 0 aliphatic heterocycles. The average Bonchev–Trinajstić information content (AvgIpc) is 2.32. The zero-order valence-corrected chi connectivity index (χ0v) is 11.6. The molecule has 6 heteroatoms. The molecule has 1 rings (SSSR count). The summed E-state index contributed by atoms with van der Waals surface area (Å²) in [5, 5.41) is 14.8. The van der Waals surface area contributed by atoms with Gasteiger partial charge in [-0.25, -0.2) is 9.59 Å². The van der Waals surface area contributed by atoms with Gasteiger partial charge in [0, 0.05) is 10.7 Å². The number of urea groups is 1. The predicted octanol–water partition coefficient (Wildman–Crippen LogP) is 3.10. The molecule has 0 radical (unpaired) electrons. The standard InChI is InChI=1S/C13H17ClN2O3/c1-3-8-13(2,11(17)18)16-12(19)15-10-6-4-9(14)5-7-10/h4-7H,3,8H2,1-2H3,(H,17,18)(H2,15,16,19). The number of halogens is 1. The molecular formula is C13H17ClN2O3. The Hall–Kier alpha value is -1.75. The van der Waals surface area contributed by atoms with Gasteiger partial charge in [0.2, 0.25) is 0 Å². The molecule has 0 saturated carbocycles.